The van der Waals surface area contributed by atoms with Gasteiger partial charge in [0, 0.05) is 16.5 Å². The number of carbonyl (C=O) groups excluding carboxylic acids is 1. The molecule has 0 aliphatic heterocycles. The second kappa shape index (κ2) is 6.37. The van der Waals surface area contributed by atoms with E-state index in [0.717, 1.165) is 10.8 Å². The van der Waals surface area contributed by atoms with Gasteiger partial charge < -0.3 is 14.5 Å². The maximum atomic E-state index is 12.8. The molecule has 5 nitrogen and oxygen atoms in total. The molecule has 5 heteroatoms. The fourth-order valence-corrected chi connectivity index (χ4v) is 2.94. The third-order valence-corrected chi connectivity index (χ3v) is 4.26. The topological polar surface area (TPSA) is 75.3 Å². The first-order valence-electron chi connectivity index (χ1n) is 8.11. The summed E-state index contributed by atoms with van der Waals surface area (Å²) >= 11 is 0. The lowest BCUT2D eigenvalue weighted by molar-refractivity contribution is 0.102. The van der Waals surface area contributed by atoms with Crippen molar-refractivity contribution >= 4 is 33.3 Å². The van der Waals surface area contributed by atoms with E-state index in [9.17, 15) is 4.79 Å². The number of ether oxygens (including phenoxy) is 1. The Morgan fingerprint density at radius 3 is 2.65 bits per heavy atom. The van der Waals surface area contributed by atoms with E-state index in [1.807, 2.05) is 42.5 Å². The first kappa shape index (κ1) is 15.9. The van der Waals surface area contributed by atoms with Crippen molar-refractivity contribution in [2.75, 3.05) is 12.4 Å². The van der Waals surface area contributed by atoms with Crippen LogP contribution in [0.1, 0.15) is 10.4 Å². The van der Waals surface area contributed by atoms with Crippen molar-refractivity contribution in [2.24, 2.45) is 0 Å². The highest BCUT2D eigenvalue weighted by Gasteiger charge is 2.13. The molecule has 0 saturated heterocycles. The molecule has 26 heavy (non-hydrogen) atoms. The quantitative estimate of drug-likeness (QED) is 0.581. The second-order valence-corrected chi connectivity index (χ2v) is 5.87. The van der Waals surface area contributed by atoms with Gasteiger partial charge in [-0.15, -0.1) is 0 Å². The first-order valence-corrected chi connectivity index (χ1v) is 8.11. The van der Waals surface area contributed by atoms with Crippen LogP contribution >= 0.6 is 0 Å². The van der Waals surface area contributed by atoms with Crippen LogP contribution in [0.4, 0.5) is 5.69 Å². The lowest BCUT2D eigenvalue weighted by Crippen LogP contribution is -2.20. The van der Waals surface area contributed by atoms with Crippen LogP contribution in [0.3, 0.4) is 0 Å². The Morgan fingerprint density at radius 1 is 1.00 bits per heavy atom. The van der Waals surface area contributed by atoms with Gasteiger partial charge in [-0.3, -0.25) is 10.2 Å². The fourth-order valence-electron chi connectivity index (χ4n) is 2.94. The third-order valence-electron chi connectivity index (χ3n) is 4.26. The van der Waals surface area contributed by atoms with Gasteiger partial charge in [0.1, 0.15) is 16.9 Å². The van der Waals surface area contributed by atoms with Crippen molar-refractivity contribution in [3.8, 4) is 5.75 Å². The van der Waals surface area contributed by atoms with Crippen LogP contribution in [-0.4, -0.2) is 13.0 Å². The largest absolute Gasteiger partial charge is 0.497 e. The molecule has 4 rings (SSSR count). The number of anilines is 1. The SMILES string of the molecule is COc1ccc2oc(=N)c(C(=O)Nc3cccc4ccccc34)cc2c1. The zero-order valence-corrected chi connectivity index (χ0v) is 14.1. The van der Waals surface area contributed by atoms with Crippen LogP contribution in [0.2, 0.25) is 0 Å². The maximum absolute atomic E-state index is 12.8. The molecule has 3 aromatic carbocycles. The average molecular weight is 344 g/mol. The number of fused-ring (bicyclic) bond motifs is 2. The van der Waals surface area contributed by atoms with Gasteiger partial charge in [-0.1, -0.05) is 36.4 Å². The van der Waals surface area contributed by atoms with E-state index in [0.29, 0.717) is 22.4 Å². The molecule has 0 aliphatic carbocycles. The van der Waals surface area contributed by atoms with Gasteiger partial charge in [-0.25, -0.2) is 0 Å². The maximum Gasteiger partial charge on any atom is 0.261 e. The van der Waals surface area contributed by atoms with E-state index in [1.165, 1.54) is 0 Å². The van der Waals surface area contributed by atoms with E-state index in [4.69, 9.17) is 14.6 Å². The van der Waals surface area contributed by atoms with Crippen molar-refractivity contribution < 1.29 is 13.9 Å². The summed E-state index contributed by atoms with van der Waals surface area (Å²) in [4.78, 5) is 12.8. The Balaban J connectivity index is 1.75. The summed E-state index contributed by atoms with van der Waals surface area (Å²) in [6.07, 6.45) is 0. The fraction of sp³-hybridized carbons (Fsp3) is 0.0476. The molecule has 0 atom stereocenters. The minimum Gasteiger partial charge on any atom is -0.497 e. The van der Waals surface area contributed by atoms with Crippen molar-refractivity contribution in [1.82, 2.24) is 0 Å². The normalized spacial score (nSPS) is 10.8. The molecule has 1 aromatic heterocycles. The molecule has 0 fully saturated rings. The van der Waals surface area contributed by atoms with E-state index in [-0.39, 0.29) is 17.0 Å². The number of hydrogen-bond acceptors (Lipinski definition) is 4. The standard InChI is InChI=1S/C21H16N2O3/c1-25-15-9-10-19-14(11-15)12-17(20(22)26-19)21(24)23-18-8-4-6-13-5-2-3-7-16(13)18/h2-12,22H,1H3,(H,23,24). The van der Waals surface area contributed by atoms with Gasteiger partial charge in [0.15, 0.2) is 0 Å². The number of methoxy groups -OCH3 is 1. The summed E-state index contributed by atoms with van der Waals surface area (Å²) in [5.41, 5.74) is 1.20. The average Bonchev–Trinajstić information content (AvgIpc) is 2.67. The lowest BCUT2D eigenvalue weighted by Gasteiger charge is -2.09. The number of carbonyl (C=O) groups is 1. The lowest BCUT2D eigenvalue weighted by atomic mass is 10.1. The number of nitrogens with one attached hydrogen (secondary N) is 2. The molecule has 128 valence electrons. The van der Waals surface area contributed by atoms with Gasteiger partial charge in [0.25, 0.3) is 5.91 Å². The predicted octanol–water partition coefficient (Wildman–Crippen LogP) is 4.33. The van der Waals surface area contributed by atoms with Gasteiger partial charge >= 0.3 is 0 Å². The van der Waals surface area contributed by atoms with Crippen molar-refractivity contribution in [2.45, 2.75) is 0 Å². The summed E-state index contributed by atoms with van der Waals surface area (Å²) in [5.74, 6) is 0.269. The van der Waals surface area contributed by atoms with Crippen LogP contribution in [-0.2, 0) is 0 Å². The molecule has 0 bridgehead atoms. The van der Waals surface area contributed by atoms with Gasteiger partial charge in [-0.2, -0.15) is 0 Å². The van der Waals surface area contributed by atoms with Crippen molar-refractivity contribution in [3.63, 3.8) is 0 Å². The predicted molar refractivity (Wildman–Crippen MR) is 101 cm³/mol. The van der Waals surface area contributed by atoms with Gasteiger partial charge in [0.05, 0.1) is 7.11 Å². The Labute approximate surface area is 149 Å². The Kier molecular flexibility index (Phi) is 3.89. The van der Waals surface area contributed by atoms with E-state index in [2.05, 4.69) is 5.32 Å². The number of benzene rings is 3. The molecule has 0 radical (unpaired) electrons. The number of rotatable bonds is 3. The van der Waals surface area contributed by atoms with Gasteiger partial charge in [0.2, 0.25) is 5.55 Å². The summed E-state index contributed by atoms with van der Waals surface area (Å²) in [5, 5.41) is 13.6. The molecular weight excluding hydrogens is 328 g/mol. The van der Waals surface area contributed by atoms with E-state index < -0.39 is 0 Å². The van der Waals surface area contributed by atoms with Crippen LogP contribution in [0.25, 0.3) is 21.7 Å². The van der Waals surface area contributed by atoms with E-state index in [1.54, 1.807) is 31.4 Å². The minimum absolute atomic E-state index is 0.165. The van der Waals surface area contributed by atoms with E-state index >= 15 is 0 Å². The Morgan fingerprint density at radius 2 is 1.81 bits per heavy atom. The molecular formula is C21H16N2O3. The molecule has 4 aromatic rings. The highest BCUT2D eigenvalue weighted by molar-refractivity contribution is 6.09. The van der Waals surface area contributed by atoms with Crippen molar-refractivity contribution in [3.05, 3.63) is 77.8 Å². The molecule has 0 unspecified atom stereocenters. The molecule has 1 amide bonds. The molecule has 1 heterocycles. The van der Waals surface area contributed by atoms with Crippen LogP contribution in [0, 0.1) is 5.41 Å². The third kappa shape index (κ3) is 2.80. The smallest absolute Gasteiger partial charge is 0.261 e. The van der Waals surface area contributed by atoms with Gasteiger partial charge in [-0.05, 0) is 35.7 Å². The molecule has 0 saturated carbocycles. The first-order chi connectivity index (χ1) is 12.7. The summed E-state index contributed by atoms with van der Waals surface area (Å²) < 4.78 is 10.7. The Hall–Kier alpha value is -3.60. The summed E-state index contributed by atoms with van der Waals surface area (Å²) in [6.45, 7) is 0. The second-order valence-electron chi connectivity index (χ2n) is 5.87. The van der Waals surface area contributed by atoms with Crippen molar-refractivity contribution in [1.29, 1.82) is 5.41 Å². The molecule has 0 aliphatic rings. The van der Waals surface area contributed by atoms with Crippen LogP contribution in [0.5, 0.6) is 5.75 Å². The zero-order valence-electron chi connectivity index (χ0n) is 14.1. The number of amides is 1. The molecule has 0 spiro atoms. The molecule has 2 N–H and O–H groups in total. The zero-order chi connectivity index (χ0) is 18.1. The summed E-state index contributed by atoms with van der Waals surface area (Å²) in [6, 6.07) is 20.4. The Bertz CT molecular complexity index is 1190. The minimum atomic E-state index is -0.389. The highest BCUT2D eigenvalue weighted by Crippen LogP contribution is 2.24. The number of hydrogen-bond donors (Lipinski definition) is 2. The van der Waals surface area contributed by atoms with Crippen LogP contribution < -0.4 is 15.6 Å². The summed E-state index contributed by atoms with van der Waals surface area (Å²) in [7, 11) is 1.57. The monoisotopic (exact) mass is 344 g/mol. The highest BCUT2D eigenvalue weighted by atomic mass is 16.5. The van der Waals surface area contributed by atoms with Crippen LogP contribution in [0.15, 0.2) is 71.1 Å².